The van der Waals surface area contributed by atoms with Crippen LogP contribution in [-0.2, 0) is 17.6 Å². The van der Waals surface area contributed by atoms with E-state index in [1.807, 2.05) is 14.1 Å². The number of halogens is 1. The lowest BCUT2D eigenvalue weighted by Crippen LogP contribution is -2.21. The standard InChI is InChI=1S/C16H26N2O.ClH/c1-18(2)16(19)11-4-3-7-14-8-5-9-15(13-14)10-6-12-17;/h5,8-9,13H,3-4,6-7,10-12,17H2,1-2H3;1H. The zero-order chi connectivity index (χ0) is 14.1. The summed E-state index contributed by atoms with van der Waals surface area (Å²) in [6, 6.07) is 8.71. The summed E-state index contributed by atoms with van der Waals surface area (Å²) in [6.45, 7) is 0.747. The highest BCUT2D eigenvalue weighted by Gasteiger charge is 2.03. The predicted octanol–water partition coefficient (Wildman–Crippen LogP) is 2.80. The second-order valence-corrected chi connectivity index (χ2v) is 5.21. The number of aryl methyl sites for hydroxylation is 2. The van der Waals surface area contributed by atoms with Crippen molar-refractivity contribution in [3.05, 3.63) is 35.4 Å². The monoisotopic (exact) mass is 298 g/mol. The Morgan fingerprint density at radius 1 is 1.10 bits per heavy atom. The highest BCUT2D eigenvalue weighted by Crippen LogP contribution is 2.11. The van der Waals surface area contributed by atoms with Gasteiger partial charge in [0.05, 0.1) is 0 Å². The molecule has 0 atom stereocenters. The quantitative estimate of drug-likeness (QED) is 0.750. The van der Waals surface area contributed by atoms with Crippen molar-refractivity contribution in [2.75, 3.05) is 20.6 Å². The van der Waals surface area contributed by atoms with Crippen LogP contribution in [0.3, 0.4) is 0 Å². The average molecular weight is 299 g/mol. The fourth-order valence-electron chi connectivity index (χ4n) is 2.08. The minimum Gasteiger partial charge on any atom is -0.349 e. The topological polar surface area (TPSA) is 46.3 Å². The Bertz CT molecular complexity index is 394. The molecule has 0 aliphatic carbocycles. The van der Waals surface area contributed by atoms with Crippen molar-refractivity contribution in [1.82, 2.24) is 4.90 Å². The molecule has 0 bridgehead atoms. The van der Waals surface area contributed by atoms with Crippen LogP contribution in [0.1, 0.15) is 36.8 Å². The molecule has 0 saturated carbocycles. The maximum absolute atomic E-state index is 11.4. The second kappa shape index (κ2) is 10.7. The number of benzene rings is 1. The molecule has 1 rings (SSSR count). The van der Waals surface area contributed by atoms with Crippen molar-refractivity contribution < 1.29 is 4.79 Å². The van der Waals surface area contributed by atoms with Gasteiger partial charge in [-0.15, -0.1) is 12.4 Å². The lowest BCUT2D eigenvalue weighted by Gasteiger charge is -2.09. The summed E-state index contributed by atoms with van der Waals surface area (Å²) in [5.41, 5.74) is 8.26. The summed E-state index contributed by atoms with van der Waals surface area (Å²) in [4.78, 5) is 13.1. The molecule has 1 amide bonds. The number of hydrogen-bond donors (Lipinski definition) is 1. The number of nitrogens with two attached hydrogens (primary N) is 1. The molecule has 0 heterocycles. The van der Waals surface area contributed by atoms with Crippen molar-refractivity contribution in [2.45, 2.75) is 38.5 Å². The first-order valence-corrected chi connectivity index (χ1v) is 7.11. The largest absolute Gasteiger partial charge is 0.349 e. The van der Waals surface area contributed by atoms with Crippen LogP contribution in [0.4, 0.5) is 0 Å². The average Bonchev–Trinajstić information content (AvgIpc) is 2.41. The zero-order valence-corrected chi connectivity index (χ0v) is 13.4. The van der Waals surface area contributed by atoms with E-state index < -0.39 is 0 Å². The fraction of sp³-hybridized carbons (Fsp3) is 0.562. The fourth-order valence-corrected chi connectivity index (χ4v) is 2.08. The Morgan fingerprint density at radius 3 is 2.25 bits per heavy atom. The van der Waals surface area contributed by atoms with Crippen LogP contribution in [-0.4, -0.2) is 31.4 Å². The van der Waals surface area contributed by atoms with Crippen LogP contribution < -0.4 is 5.73 Å². The molecule has 1 aromatic carbocycles. The van der Waals surface area contributed by atoms with E-state index in [-0.39, 0.29) is 18.3 Å². The summed E-state index contributed by atoms with van der Waals surface area (Å²) in [7, 11) is 3.62. The molecule has 20 heavy (non-hydrogen) atoms. The molecular formula is C16H27ClN2O. The van der Waals surface area contributed by atoms with Gasteiger partial charge in [0.15, 0.2) is 0 Å². The Balaban J connectivity index is 0.00000361. The third-order valence-corrected chi connectivity index (χ3v) is 3.27. The van der Waals surface area contributed by atoms with Gasteiger partial charge in [0.2, 0.25) is 5.91 Å². The summed E-state index contributed by atoms with van der Waals surface area (Å²) in [5, 5.41) is 0. The lowest BCUT2D eigenvalue weighted by atomic mass is 10.0. The molecule has 4 heteroatoms. The Kier molecular flexibility index (Phi) is 10.1. The zero-order valence-electron chi connectivity index (χ0n) is 12.6. The molecule has 0 aromatic heterocycles. The van der Waals surface area contributed by atoms with Crippen molar-refractivity contribution >= 4 is 18.3 Å². The van der Waals surface area contributed by atoms with Gasteiger partial charge < -0.3 is 10.6 Å². The van der Waals surface area contributed by atoms with Gasteiger partial charge in [-0.05, 0) is 49.8 Å². The third kappa shape index (κ3) is 7.51. The van der Waals surface area contributed by atoms with E-state index in [0.29, 0.717) is 6.42 Å². The van der Waals surface area contributed by atoms with E-state index in [1.54, 1.807) is 4.90 Å². The number of nitrogens with zero attached hydrogens (tertiary/aromatic N) is 1. The van der Waals surface area contributed by atoms with Gasteiger partial charge in [-0.1, -0.05) is 24.3 Å². The second-order valence-electron chi connectivity index (χ2n) is 5.21. The number of unbranched alkanes of at least 4 members (excludes halogenated alkanes) is 1. The molecule has 114 valence electrons. The van der Waals surface area contributed by atoms with Crippen molar-refractivity contribution in [3.8, 4) is 0 Å². The lowest BCUT2D eigenvalue weighted by molar-refractivity contribution is -0.128. The minimum atomic E-state index is 0. The van der Waals surface area contributed by atoms with Crippen LogP contribution in [0, 0.1) is 0 Å². The molecule has 2 N–H and O–H groups in total. The van der Waals surface area contributed by atoms with Crippen LogP contribution in [0.25, 0.3) is 0 Å². The van der Waals surface area contributed by atoms with Crippen molar-refractivity contribution in [3.63, 3.8) is 0 Å². The van der Waals surface area contributed by atoms with Gasteiger partial charge in [0.25, 0.3) is 0 Å². The number of amides is 1. The third-order valence-electron chi connectivity index (χ3n) is 3.27. The van der Waals surface area contributed by atoms with E-state index >= 15 is 0 Å². The molecule has 0 fully saturated rings. The summed E-state index contributed by atoms with van der Waals surface area (Å²) in [6.07, 6.45) is 5.84. The van der Waals surface area contributed by atoms with E-state index in [0.717, 1.165) is 38.6 Å². The van der Waals surface area contributed by atoms with Crippen LogP contribution in [0.5, 0.6) is 0 Å². The molecule has 3 nitrogen and oxygen atoms in total. The van der Waals surface area contributed by atoms with Crippen molar-refractivity contribution in [2.24, 2.45) is 5.73 Å². The highest BCUT2D eigenvalue weighted by molar-refractivity contribution is 5.85. The van der Waals surface area contributed by atoms with Crippen molar-refractivity contribution in [1.29, 1.82) is 0 Å². The van der Waals surface area contributed by atoms with Crippen LogP contribution in [0.15, 0.2) is 24.3 Å². The predicted molar refractivity (Wildman–Crippen MR) is 87.3 cm³/mol. The van der Waals surface area contributed by atoms with Gasteiger partial charge in [0, 0.05) is 20.5 Å². The molecule has 1 aromatic rings. The highest BCUT2D eigenvalue weighted by atomic mass is 35.5. The molecule has 0 unspecified atom stereocenters. The normalized spacial score (nSPS) is 9.95. The van der Waals surface area contributed by atoms with Gasteiger partial charge >= 0.3 is 0 Å². The van der Waals surface area contributed by atoms with E-state index in [1.165, 1.54) is 11.1 Å². The number of hydrogen-bond acceptors (Lipinski definition) is 2. The molecular weight excluding hydrogens is 272 g/mol. The molecule has 0 aliphatic heterocycles. The summed E-state index contributed by atoms with van der Waals surface area (Å²) in [5.74, 6) is 0.219. The smallest absolute Gasteiger partial charge is 0.222 e. The number of carbonyl (C=O) groups is 1. The Hall–Kier alpha value is -1.06. The number of rotatable bonds is 8. The maximum atomic E-state index is 11.4. The summed E-state index contributed by atoms with van der Waals surface area (Å²) < 4.78 is 0. The van der Waals surface area contributed by atoms with E-state index in [9.17, 15) is 4.79 Å². The minimum absolute atomic E-state index is 0. The van der Waals surface area contributed by atoms with Crippen LogP contribution in [0.2, 0.25) is 0 Å². The van der Waals surface area contributed by atoms with E-state index in [4.69, 9.17) is 5.73 Å². The Labute approximate surface area is 128 Å². The first-order valence-electron chi connectivity index (χ1n) is 7.11. The summed E-state index contributed by atoms with van der Waals surface area (Å²) >= 11 is 0. The number of carbonyl (C=O) groups excluding carboxylic acids is 1. The van der Waals surface area contributed by atoms with Gasteiger partial charge in [-0.3, -0.25) is 4.79 Å². The molecule has 0 spiro atoms. The molecule has 0 aliphatic rings. The Morgan fingerprint density at radius 2 is 1.70 bits per heavy atom. The molecule has 0 radical (unpaired) electrons. The van der Waals surface area contributed by atoms with Gasteiger partial charge in [0.1, 0.15) is 0 Å². The van der Waals surface area contributed by atoms with Gasteiger partial charge in [-0.25, -0.2) is 0 Å². The SMILES string of the molecule is CN(C)C(=O)CCCCc1cccc(CCCN)c1.Cl. The first kappa shape index (κ1) is 18.9. The van der Waals surface area contributed by atoms with Crippen LogP contribution >= 0.6 is 12.4 Å². The molecule has 0 saturated heterocycles. The van der Waals surface area contributed by atoms with Gasteiger partial charge in [-0.2, -0.15) is 0 Å². The first-order chi connectivity index (χ1) is 9.13. The van der Waals surface area contributed by atoms with E-state index in [2.05, 4.69) is 24.3 Å². The maximum Gasteiger partial charge on any atom is 0.222 e.